The van der Waals surface area contributed by atoms with E-state index in [1.54, 1.807) is 23.1 Å². The monoisotopic (exact) mass is 406 g/mol. The molecule has 2 N–H and O–H groups in total. The molecular weight excluding hydrogens is 380 g/mol. The second-order valence-corrected chi connectivity index (χ2v) is 7.92. The van der Waals surface area contributed by atoms with Crippen molar-refractivity contribution in [3.63, 3.8) is 0 Å². The highest BCUT2D eigenvalue weighted by Gasteiger charge is 2.24. The van der Waals surface area contributed by atoms with Gasteiger partial charge in [0.2, 0.25) is 5.91 Å². The first-order valence-corrected chi connectivity index (χ1v) is 10.3. The van der Waals surface area contributed by atoms with Crippen LogP contribution in [0.1, 0.15) is 49.4 Å². The Balaban J connectivity index is 1.63. The summed E-state index contributed by atoms with van der Waals surface area (Å²) >= 11 is 6.09. The van der Waals surface area contributed by atoms with Crippen LogP contribution in [0.4, 0.5) is 10.5 Å². The summed E-state index contributed by atoms with van der Waals surface area (Å²) in [6.07, 6.45) is 4.56. The van der Waals surface area contributed by atoms with Gasteiger partial charge in [-0.2, -0.15) is 0 Å². The summed E-state index contributed by atoms with van der Waals surface area (Å²) in [5.41, 5.74) is 0.828. The van der Waals surface area contributed by atoms with Crippen LogP contribution in [0, 0.1) is 0 Å². The number of carbonyl (C=O) groups is 3. The highest BCUT2D eigenvalue weighted by molar-refractivity contribution is 6.31. The molecule has 0 aromatic heterocycles. The molecule has 0 bridgehead atoms. The molecule has 0 spiro atoms. The molecule has 2 saturated heterocycles. The van der Waals surface area contributed by atoms with E-state index in [0.717, 1.165) is 45.3 Å². The first kappa shape index (κ1) is 20.5. The number of piperidine rings is 1. The largest absolute Gasteiger partial charge is 0.341 e. The van der Waals surface area contributed by atoms with Crippen LogP contribution in [-0.2, 0) is 4.79 Å². The number of hydrogen-bond acceptors (Lipinski definition) is 3. The van der Waals surface area contributed by atoms with Crippen LogP contribution >= 0.6 is 11.6 Å². The molecule has 7 nitrogen and oxygen atoms in total. The number of carbonyl (C=O) groups excluding carboxylic acids is 3. The maximum absolute atomic E-state index is 12.9. The standard InChI is InChI=1S/C20H27ClN4O3/c1-14(13-25-11-5-6-18(25)26)22-20(28)23-17-12-15(21)7-8-16(17)19(27)24-9-3-2-4-10-24/h7-8,12,14H,2-6,9-11,13H2,1H3,(H2,22,23,28)/t14-/m1/s1. The van der Waals surface area contributed by atoms with Crippen molar-refractivity contribution in [3.05, 3.63) is 28.8 Å². The Morgan fingerprint density at radius 2 is 1.89 bits per heavy atom. The highest BCUT2D eigenvalue weighted by Crippen LogP contribution is 2.24. The Bertz CT molecular complexity index is 749. The molecule has 1 aromatic rings. The third-order valence-corrected chi connectivity index (χ3v) is 5.38. The van der Waals surface area contributed by atoms with Gasteiger partial charge < -0.3 is 20.4 Å². The summed E-state index contributed by atoms with van der Waals surface area (Å²) in [5, 5.41) is 6.03. The Kier molecular flexibility index (Phi) is 6.78. The topological polar surface area (TPSA) is 81.8 Å². The van der Waals surface area contributed by atoms with Gasteiger partial charge in [-0.25, -0.2) is 4.79 Å². The number of halogens is 1. The van der Waals surface area contributed by atoms with Crippen molar-refractivity contribution in [2.45, 2.75) is 45.1 Å². The minimum atomic E-state index is -0.422. The van der Waals surface area contributed by atoms with Crippen molar-refractivity contribution in [3.8, 4) is 0 Å². The van der Waals surface area contributed by atoms with E-state index in [4.69, 9.17) is 11.6 Å². The molecule has 0 aliphatic carbocycles. The average molecular weight is 407 g/mol. The van der Waals surface area contributed by atoms with Gasteiger partial charge in [0.25, 0.3) is 5.91 Å². The van der Waals surface area contributed by atoms with Crippen LogP contribution < -0.4 is 10.6 Å². The van der Waals surface area contributed by atoms with Gasteiger partial charge in [0.15, 0.2) is 0 Å². The van der Waals surface area contributed by atoms with E-state index < -0.39 is 6.03 Å². The average Bonchev–Trinajstić information content (AvgIpc) is 3.06. The van der Waals surface area contributed by atoms with E-state index >= 15 is 0 Å². The van der Waals surface area contributed by atoms with Crippen molar-refractivity contribution < 1.29 is 14.4 Å². The number of amides is 4. The zero-order valence-corrected chi connectivity index (χ0v) is 16.9. The summed E-state index contributed by atoms with van der Waals surface area (Å²) in [4.78, 5) is 40.6. The fraction of sp³-hybridized carbons (Fsp3) is 0.550. The van der Waals surface area contributed by atoms with Crippen molar-refractivity contribution in [2.75, 3.05) is 31.5 Å². The van der Waals surface area contributed by atoms with E-state index in [0.29, 0.717) is 29.2 Å². The van der Waals surface area contributed by atoms with Gasteiger partial charge in [0.1, 0.15) is 0 Å². The van der Waals surface area contributed by atoms with Crippen molar-refractivity contribution in [1.82, 2.24) is 15.1 Å². The number of urea groups is 1. The van der Waals surface area contributed by atoms with Crippen LogP contribution in [-0.4, -0.2) is 59.9 Å². The molecule has 0 radical (unpaired) electrons. The van der Waals surface area contributed by atoms with Gasteiger partial charge in [-0.3, -0.25) is 9.59 Å². The number of likely N-dealkylation sites (tertiary alicyclic amines) is 2. The lowest BCUT2D eigenvalue weighted by atomic mass is 10.1. The first-order valence-electron chi connectivity index (χ1n) is 9.88. The summed E-state index contributed by atoms with van der Waals surface area (Å²) in [5.74, 6) is 0.0284. The van der Waals surface area contributed by atoms with E-state index in [2.05, 4.69) is 10.6 Å². The van der Waals surface area contributed by atoms with Gasteiger partial charge in [0, 0.05) is 43.7 Å². The van der Waals surface area contributed by atoms with Gasteiger partial charge in [-0.1, -0.05) is 11.6 Å². The lowest BCUT2D eigenvalue weighted by molar-refractivity contribution is -0.127. The molecule has 4 amide bonds. The van der Waals surface area contributed by atoms with E-state index in [1.807, 2.05) is 11.8 Å². The molecular formula is C20H27ClN4O3. The number of nitrogens with zero attached hydrogens (tertiary/aromatic N) is 2. The van der Waals surface area contributed by atoms with Crippen molar-refractivity contribution in [2.24, 2.45) is 0 Å². The summed E-state index contributed by atoms with van der Waals surface area (Å²) in [6.45, 7) is 4.52. The van der Waals surface area contributed by atoms with Gasteiger partial charge in [-0.15, -0.1) is 0 Å². The van der Waals surface area contributed by atoms with Crippen molar-refractivity contribution in [1.29, 1.82) is 0 Å². The van der Waals surface area contributed by atoms with Crippen LogP contribution in [0.2, 0.25) is 5.02 Å². The summed E-state index contributed by atoms with van der Waals surface area (Å²) < 4.78 is 0. The number of nitrogens with one attached hydrogen (secondary N) is 2. The zero-order valence-electron chi connectivity index (χ0n) is 16.2. The molecule has 28 heavy (non-hydrogen) atoms. The Morgan fingerprint density at radius 3 is 2.57 bits per heavy atom. The SMILES string of the molecule is C[C@H](CN1CCCC1=O)NC(=O)Nc1cc(Cl)ccc1C(=O)N1CCCCC1. The molecule has 8 heteroatoms. The van der Waals surface area contributed by atoms with Gasteiger partial charge in [-0.05, 0) is 50.8 Å². The number of rotatable bonds is 5. The summed E-state index contributed by atoms with van der Waals surface area (Å²) in [6, 6.07) is 4.27. The van der Waals surface area contributed by atoms with Gasteiger partial charge >= 0.3 is 6.03 Å². The fourth-order valence-corrected chi connectivity index (χ4v) is 3.90. The molecule has 152 valence electrons. The summed E-state index contributed by atoms with van der Waals surface area (Å²) in [7, 11) is 0. The van der Waals surface area contributed by atoms with Crippen LogP contribution in [0.15, 0.2) is 18.2 Å². The maximum atomic E-state index is 12.9. The molecule has 2 aliphatic rings. The zero-order chi connectivity index (χ0) is 20.1. The third-order valence-electron chi connectivity index (χ3n) is 5.15. The predicted octanol–water partition coefficient (Wildman–Crippen LogP) is 3.10. The Hall–Kier alpha value is -2.28. The third kappa shape index (κ3) is 5.16. The maximum Gasteiger partial charge on any atom is 0.319 e. The molecule has 0 unspecified atom stereocenters. The molecule has 1 aromatic carbocycles. The minimum Gasteiger partial charge on any atom is -0.341 e. The number of anilines is 1. The fourth-order valence-electron chi connectivity index (χ4n) is 3.73. The highest BCUT2D eigenvalue weighted by atomic mass is 35.5. The second-order valence-electron chi connectivity index (χ2n) is 7.49. The van der Waals surface area contributed by atoms with Crippen LogP contribution in [0.5, 0.6) is 0 Å². The van der Waals surface area contributed by atoms with Crippen LogP contribution in [0.25, 0.3) is 0 Å². The molecule has 1 atom stereocenters. The van der Waals surface area contributed by atoms with E-state index in [-0.39, 0.29) is 17.9 Å². The number of hydrogen-bond donors (Lipinski definition) is 2. The molecule has 2 fully saturated rings. The first-order chi connectivity index (χ1) is 13.4. The smallest absolute Gasteiger partial charge is 0.319 e. The van der Waals surface area contributed by atoms with Gasteiger partial charge in [0.05, 0.1) is 11.3 Å². The molecule has 2 heterocycles. The van der Waals surface area contributed by atoms with E-state index in [9.17, 15) is 14.4 Å². The van der Waals surface area contributed by atoms with Crippen molar-refractivity contribution >= 4 is 35.1 Å². The normalized spacial score (nSPS) is 18.1. The van der Waals surface area contributed by atoms with E-state index in [1.165, 1.54) is 0 Å². The minimum absolute atomic E-state index is 0.0950. The molecule has 3 rings (SSSR count). The predicted molar refractivity (Wildman–Crippen MR) is 109 cm³/mol. The quantitative estimate of drug-likeness (QED) is 0.788. The second kappa shape index (κ2) is 9.28. The lowest BCUT2D eigenvalue weighted by Crippen LogP contribution is -2.44. The number of benzene rings is 1. The lowest BCUT2D eigenvalue weighted by Gasteiger charge is -2.27. The Labute approximate surface area is 170 Å². The Morgan fingerprint density at radius 1 is 1.14 bits per heavy atom. The van der Waals surface area contributed by atoms with Crippen LogP contribution in [0.3, 0.4) is 0 Å². The molecule has 0 saturated carbocycles. The molecule has 2 aliphatic heterocycles.